The van der Waals surface area contributed by atoms with Gasteiger partial charge < -0.3 is 9.75 Å². The molecule has 2 aromatic carbocycles. The Morgan fingerprint density at radius 2 is 1.84 bits per heavy atom. The molecule has 1 N–H and O–H groups in total. The molecule has 1 unspecified atom stereocenters. The quantitative estimate of drug-likeness (QED) is 0.549. The first-order chi connectivity index (χ1) is 15.3. The molecule has 2 heterocycles. The second-order valence-electron chi connectivity index (χ2n) is 8.32. The average molecular weight is 435 g/mol. The van der Waals surface area contributed by atoms with Crippen molar-refractivity contribution in [2.45, 2.75) is 51.3 Å². The van der Waals surface area contributed by atoms with Crippen LogP contribution in [0.3, 0.4) is 0 Å². The summed E-state index contributed by atoms with van der Waals surface area (Å²) in [5.74, 6) is 0.477. The summed E-state index contributed by atoms with van der Waals surface area (Å²) in [7, 11) is 0. The van der Waals surface area contributed by atoms with E-state index in [4.69, 9.17) is 4.74 Å². The molecule has 1 aromatic heterocycles. The van der Waals surface area contributed by atoms with Crippen LogP contribution in [0.15, 0.2) is 59.8 Å². The van der Waals surface area contributed by atoms with Crippen LogP contribution in [0.5, 0.6) is 0 Å². The fourth-order valence-corrected chi connectivity index (χ4v) is 5.38. The van der Waals surface area contributed by atoms with Crippen LogP contribution < -0.4 is 5.43 Å². The first kappa shape index (κ1) is 20.2. The van der Waals surface area contributed by atoms with Crippen molar-refractivity contribution in [3.63, 3.8) is 0 Å². The van der Waals surface area contributed by atoms with Crippen LogP contribution in [0.4, 0.5) is 0 Å². The van der Waals surface area contributed by atoms with Crippen molar-refractivity contribution in [1.29, 1.82) is 0 Å². The predicted octanol–water partition coefficient (Wildman–Crippen LogP) is 4.59. The van der Waals surface area contributed by atoms with Gasteiger partial charge in [0.15, 0.2) is 6.23 Å². The molecule has 1 atom stereocenters. The third-order valence-electron chi connectivity index (χ3n) is 6.29. The van der Waals surface area contributed by atoms with E-state index in [1.165, 1.54) is 55.1 Å². The molecular weight excluding hydrogens is 408 g/mol. The molecule has 1 saturated carbocycles. The highest BCUT2D eigenvalue weighted by Crippen LogP contribution is 2.38. The van der Waals surface area contributed by atoms with Crippen LogP contribution in [-0.4, -0.2) is 26.5 Å². The lowest BCUT2D eigenvalue weighted by Crippen LogP contribution is -2.39. The zero-order valence-electron chi connectivity index (χ0n) is 17.4. The Hall–Kier alpha value is -2.77. The normalized spacial score (nSPS) is 19.9. The first-order valence-electron chi connectivity index (χ1n) is 10.9. The number of rotatable bonds is 7. The number of hydrazine groups is 1. The van der Waals surface area contributed by atoms with Gasteiger partial charge in [-0.05, 0) is 36.1 Å². The van der Waals surface area contributed by atoms with Gasteiger partial charge in [0.05, 0.1) is 18.3 Å². The average Bonchev–Trinajstić information content (AvgIpc) is 3.40. The fraction of sp³-hybridized carbons (Fsp3) is 0.375. The monoisotopic (exact) mass is 434 g/mol. The Bertz CT molecular complexity index is 1080. The molecule has 0 amide bonds. The Morgan fingerprint density at radius 1 is 1.03 bits per heavy atom. The molecular formula is C24H26N4O2S. The van der Waals surface area contributed by atoms with E-state index >= 15 is 0 Å². The molecule has 5 rings (SSSR count). The van der Waals surface area contributed by atoms with Gasteiger partial charge in [-0.15, -0.1) is 0 Å². The van der Waals surface area contributed by atoms with Gasteiger partial charge in [0.2, 0.25) is 0 Å². The summed E-state index contributed by atoms with van der Waals surface area (Å²) in [6.45, 7) is 1.29. The maximum Gasteiger partial charge on any atom is 0.294 e. The van der Waals surface area contributed by atoms with E-state index in [1.54, 1.807) is 0 Å². The minimum Gasteiger partial charge on any atom is -0.443 e. The lowest BCUT2D eigenvalue weighted by Gasteiger charge is -2.31. The van der Waals surface area contributed by atoms with Gasteiger partial charge in [-0.2, -0.15) is 14.2 Å². The molecule has 31 heavy (non-hydrogen) atoms. The first-order valence-corrected chi connectivity index (χ1v) is 11.7. The standard InChI is InChI=1S/C24H26N4O2S/c29-16-30-24-20(13-18-11-12-21-22(14-18)27-31-26-21)23(19-9-5-2-6-10-19)28(25-24)15-17-7-3-1-4-8-17/h1,3-4,7-8,11-12,14,16,19,24-25H,2,5-6,9-10,13,15H2. The van der Waals surface area contributed by atoms with Gasteiger partial charge in [-0.25, -0.2) is 0 Å². The number of allylic oxidation sites excluding steroid dienone is 1. The van der Waals surface area contributed by atoms with Crippen LogP contribution in [0.2, 0.25) is 0 Å². The predicted molar refractivity (Wildman–Crippen MR) is 121 cm³/mol. The number of fused-ring (bicyclic) bond motifs is 1. The molecule has 1 fully saturated rings. The Labute approximate surface area is 186 Å². The summed E-state index contributed by atoms with van der Waals surface area (Å²) in [6, 6.07) is 16.7. The van der Waals surface area contributed by atoms with Gasteiger partial charge in [0.25, 0.3) is 6.47 Å². The maximum absolute atomic E-state index is 11.3. The molecule has 1 aliphatic carbocycles. The van der Waals surface area contributed by atoms with Gasteiger partial charge in [0, 0.05) is 23.6 Å². The van der Waals surface area contributed by atoms with Gasteiger partial charge in [-0.3, -0.25) is 4.79 Å². The summed E-state index contributed by atoms with van der Waals surface area (Å²) in [5, 5.41) is 2.22. The Balaban J connectivity index is 1.52. The van der Waals surface area contributed by atoms with Crippen molar-refractivity contribution in [1.82, 2.24) is 19.2 Å². The number of carbonyl (C=O) groups is 1. The molecule has 2 aliphatic rings. The van der Waals surface area contributed by atoms with Crippen LogP contribution >= 0.6 is 11.7 Å². The highest BCUT2D eigenvalue weighted by Gasteiger charge is 2.36. The topological polar surface area (TPSA) is 67.3 Å². The number of nitrogens with zero attached hydrogens (tertiary/aromatic N) is 3. The number of aromatic nitrogens is 2. The van der Waals surface area contributed by atoms with Crippen molar-refractivity contribution in [2.75, 3.05) is 0 Å². The molecule has 0 bridgehead atoms. The number of hydrogen-bond acceptors (Lipinski definition) is 7. The van der Waals surface area contributed by atoms with E-state index in [1.807, 2.05) is 12.1 Å². The molecule has 160 valence electrons. The van der Waals surface area contributed by atoms with Gasteiger partial charge in [0.1, 0.15) is 11.0 Å². The van der Waals surface area contributed by atoms with Crippen LogP contribution in [0.25, 0.3) is 11.0 Å². The number of nitrogens with one attached hydrogen (secondary N) is 1. The Kier molecular flexibility index (Phi) is 5.95. The van der Waals surface area contributed by atoms with Crippen molar-refractivity contribution in [2.24, 2.45) is 5.92 Å². The van der Waals surface area contributed by atoms with Crippen molar-refractivity contribution >= 4 is 29.2 Å². The van der Waals surface area contributed by atoms with Crippen molar-refractivity contribution in [3.05, 3.63) is 70.9 Å². The van der Waals surface area contributed by atoms with E-state index in [9.17, 15) is 4.79 Å². The van der Waals surface area contributed by atoms with E-state index in [0.717, 1.165) is 35.1 Å². The molecule has 1 aliphatic heterocycles. The third-order valence-corrected chi connectivity index (χ3v) is 6.85. The highest BCUT2D eigenvalue weighted by molar-refractivity contribution is 7.00. The van der Waals surface area contributed by atoms with E-state index in [2.05, 4.69) is 55.6 Å². The van der Waals surface area contributed by atoms with Gasteiger partial charge >= 0.3 is 0 Å². The summed E-state index contributed by atoms with van der Waals surface area (Å²) in [6.07, 6.45) is 6.42. The van der Waals surface area contributed by atoms with E-state index in [0.29, 0.717) is 12.4 Å². The van der Waals surface area contributed by atoms with Crippen LogP contribution in [0.1, 0.15) is 43.2 Å². The molecule has 7 heteroatoms. The van der Waals surface area contributed by atoms with Crippen molar-refractivity contribution in [3.8, 4) is 0 Å². The lowest BCUT2D eigenvalue weighted by molar-refractivity contribution is -0.134. The summed E-state index contributed by atoms with van der Waals surface area (Å²) in [5.41, 5.74) is 10.1. The molecule has 3 aromatic rings. The van der Waals surface area contributed by atoms with E-state index in [-0.39, 0.29) is 0 Å². The smallest absolute Gasteiger partial charge is 0.294 e. The number of hydrogen-bond donors (Lipinski definition) is 1. The fourth-order valence-electron chi connectivity index (χ4n) is 4.86. The molecule has 6 nitrogen and oxygen atoms in total. The van der Waals surface area contributed by atoms with E-state index < -0.39 is 6.23 Å². The van der Waals surface area contributed by atoms with Crippen LogP contribution in [0, 0.1) is 5.92 Å². The number of benzene rings is 2. The third kappa shape index (κ3) is 4.34. The summed E-state index contributed by atoms with van der Waals surface area (Å²) in [4.78, 5) is 11.3. The second kappa shape index (κ2) is 9.16. The van der Waals surface area contributed by atoms with Gasteiger partial charge in [-0.1, -0.05) is 55.7 Å². The summed E-state index contributed by atoms with van der Waals surface area (Å²) >= 11 is 1.23. The summed E-state index contributed by atoms with van der Waals surface area (Å²) < 4.78 is 14.2. The number of ether oxygens (including phenoxy) is 1. The zero-order chi connectivity index (χ0) is 21.0. The zero-order valence-corrected chi connectivity index (χ0v) is 18.2. The molecule has 0 radical (unpaired) electrons. The largest absolute Gasteiger partial charge is 0.443 e. The lowest BCUT2D eigenvalue weighted by atomic mass is 9.84. The minimum absolute atomic E-state index is 0.442. The Morgan fingerprint density at radius 3 is 2.65 bits per heavy atom. The maximum atomic E-state index is 11.3. The van der Waals surface area contributed by atoms with Crippen molar-refractivity contribution < 1.29 is 9.53 Å². The second-order valence-corrected chi connectivity index (χ2v) is 8.85. The van der Waals surface area contributed by atoms with Crippen LogP contribution in [-0.2, 0) is 22.5 Å². The minimum atomic E-state index is -0.442. The SMILES string of the molecule is O=COC1NN(Cc2ccccc2)C(C2CCCCC2)=C1Cc1ccc2nsnc2c1. The molecule has 0 spiro atoms. The molecule has 0 saturated heterocycles. The number of carbonyl (C=O) groups excluding carboxylic acids is 1. The highest BCUT2D eigenvalue weighted by atomic mass is 32.1.